The smallest absolute Gasteiger partial charge is 0.309 e. The maximum absolute atomic E-state index is 14.5. The molecule has 1 unspecified atom stereocenters. The molecule has 0 aromatic carbocycles. The Bertz CT molecular complexity index is 1040. The fraction of sp³-hybridized carbons (Fsp3) is 0.886. The summed E-state index contributed by atoms with van der Waals surface area (Å²) in [5.74, 6) is 0.336. The zero-order valence-corrected chi connectivity index (χ0v) is 26.3. The number of hydrogen-bond donors (Lipinski definition) is 1. The highest BCUT2D eigenvalue weighted by Crippen LogP contribution is 2.75. The molecular weight excluding hydrogens is 484 g/mol. The van der Waals surface area contributed by atoms with Gasteiger partial charge in [0.15, 0.2) is 5.78 Å². The number of fused-ring (bicyclic) bond motifs is 7. The first-order valence-electron chi connectivity index (χ1n) is 16.2. The molecule has 0 aromatic rings. The minimum absolute atomic E-state index is 0.0246. The molecule has 5 rings (SSSR count). The molecule has 4 saturated carbocycles. The minimum Gasteiger partial charge on any atom is -0.481 e. The standard InChI is InChI=1S/C35H56O4/c1-9-10-11-20-39-27-13-14-33(6)26(30(27,2)3)12-15-35(8)28(33)25(36)21-23-24-22-32(5,29(37)38)17-16-31(24,4)18-19-34(23,35)7/h21,24,26-28H,9-20,22H2,1-8H3,(H,37,38)/t24-,26?,27+,28-,31-,32+,33+,34-,35-/m1/s1. The lowest BCUT2D eigenvalue weighted by Crippen LogP contribution is -2.66. The van der Waals surface area contributed by atoms with E-state index in [0.717, 1.165) is 64.4 Å². The van der Waals surface area contributed by atoms with Gasteiger partial charge in [-0.2, -0.15) is 0 Å². The van der Waals surface area contributed by atoms with E-state index >= 15 is 0 Å². The summed E-state index contributed by atoms with van der Waals surface area (Å²) in [5, 5.41) is 10.1. The number of carbonyl (C=O) groups excluding carboxylic acids is 1. The molecule has 220 valence electrons. The number of carboxylic acids is 1. The van der Waals surface area contributed by atoms with Crippen molar-refractivity contribution in [1.29, 1.82) is 0 Å². The lowest BCUT2D eigenvalue weighted by Gasteiger charge is -2.70. The summed E-state index contributed by atoms with van der Waals surface area (Å²) in [7, 11) is 0. The second-order valence-electron chi connectivity index (χ2n) is 16.5. The molecule has 0 aliphatic heterocycles. The van der Waals surface area contributed by atoms with Crippen LogP contribution >= 0.6 is 0 Å². The molecule has 0 heterocycles. The van der Waals surface area contributed by atoms with Gasteiger partial charge in [0.1, 0.15) is 0 Å². The molecule has 0 bridgehead atoms. The summed E-state index contributed by atoms with van der Waals surface area (Å²) in [6, 6.07) is 0. The average Bonchev–Trinajstić information content (AvgIpc) is 2.85. The number of carboxylic acid groups (broad SMARTS) is 1. The SMILES string of the molecule is CCCCCO[C@H]1CC[C@@]2(C)C(CC[C@]3(C)[C@@H]2C(=O)C=C2[C@H]4C[C@@](C)(C(=O)O)CC[C@]4(C)CC[C@]23C)C1(C)C. The fourth-order valence-corrected chi connectivity index (χ4v) is 11.2. The summed E-state index contributed by atoms with van der Waals surface area (Å²) >= 11 is 0. The van der Waals surface area contributed by atoms with E-state index in [2.05, 4.69) is 54.5 Å². The van der Waals surface area contributed by atoms with Gasteiger partial charge in [-0.3, -0.25) is 9.59 Å². The second kappa shape index (κ2) is 9.43. The van der Waals surface area contributed by atoms with Crippen molar-refractivity contribution >= 4 is 11.8 Å². The van der Waals surface area contributed by atoms with Crippen molar-refractivity contribution in [2.45, 2.75) is 139 Å². The third-order valence-corrected chi connectivity index (χ3v) is 14.1. The van der Waals surface area contributed by atoms with Gasteiger partial charge in [-0.15, -0.1) is 0 Å². The number of ketones is 1. The number of carbonyl (C=O) groups is 2. The minimum atomic E-state index is -0.701. The number of allylic oxidation sites excluding steroid dienone is 2. The van der Waals surface area contributed by atoms with Crippen molar-refractivity contribution in [1.82, 2.24) is 0 Å². The van der Waals surface area contributed by atoms with E-state index in [-0.39, 0.29) is 45.0 Å². The Hall–Kier alpha value is -1.16. The van der Waals surface area contributed by atoms with Crippen LogP contribution in [0.1, 0.15) is 132 Å². The molecule has 0 aromatic heterocycles. The molecule has 0 radical (unpaired) electrons. The topological polar surface area (TPSA) is 63.6 Å². The first-order chi connectivity index (χ1) is 18.1. The van der Waals surface area contributed by atoms with Crippen molar-refractivity contribution < 1.29 is 19.4 Å². The zero-order valence-electron chi connectivity index (χ0n) is 26.3. The summed E-state index contributed by atoms with van der Waals surface area (Å²) in [6.45, 7) is 19.6. The molecular formula is C35H56O4. The number of ether oxygens (including phenoxy) is 1. The Kier molecular flexibility index (Phi) is 7.09. The Morgan fingerprint density at radius 2 is 1.64 bits per heavy atom. The first kappa shape index (κ1) is 29.3. The highest BCUT2D eigenvalue weighted by molar-refractivity contribution is 5.95. The van der Waals surface area contributed by atoms with Gasteiger partial charge in [0, 0.05) is 12.5 Å². The van der Waals surface area contributed by atoms with Crippen molar-refractivity contribution in [3.63, 3.8) is 0 Å². The van der Waals surface area contributed by atoms with Crippen LogP contribution in [0, 0.1) is 50.2 Å². The van der Waals surface area contributed by atoms with Crippen LogP contribution in [0.4, 0.5) is 0 Å². The molecule has 4 heteroatoms. The maximum Gasteiger partial charge on any atom is 0.309 e. The van der Waals surface area contributed by atoms with Crippen molar-refractivity contribution in [2.75, 3.05) is 6.61 Å². The molecule has 1 N–H and O–H groups in total. The van der Waals surface area contributed by atoms with Gasteiger partial charge in [0.2, 0.25) is 0 Å². The van der Waals surface area contributed by atoms with E-state index in [4.69, 9.17) is 4.74 Å². The van der Waals surface area contributed by atoms with Crippen LogP contribution in [0.15, 0.2) is 11.6 Å². The number of hydrogen-bond acceptors (Lipinski definition) is 3. The Morgan fingerprint density at radius 1 is 0.949 bits per heavy atom. The van der Waals surface area contributed by atoms with Gasteiger partial charge in [-0.1, -0.05) is 66.9 Å². The Labute approximate surface area is 238 Å². The van der Waals surface area contributed by atoms with Gasteiger partial charge in [-0.25, -0.2) is 0 Å². The van der Waals surface area contributed by atoms with E-state index in [0.29, 0.717) is 18.1 Å². The Balaban J connectivity index is 1.50. The van der Waals surface area contributed by atoms with E-state index in [1.807, 2.05) is 6.92 Å². The third-order valence-electron chi connectivity index (χ3n) is 14.1. The monoisotopic (exact) mass is 540 g/mol. The van der Waals surface area contributed by atoms with Crippen molar-refractivity contribution in [3.05, 3.63) is 11.6 Å². The molecule has 4 fully saturated rings. The molecule has 5 aliphatic carbocycles. The predicted molar refractivity (Wildman–Crippen MR) is 156 cm³/mol. The summed E-state index contributed by atoms with van der Waals surface area (Å²) in [4.78, 5) is 26.8. The van der Waals surface area contributed by atoms with Gasteiger partial charge in [0.25, 0.3) is 0 Å². The van der Waals surface area contributed by atoms with Crippen molar-refractivity contribution in [3.8, 4) is 0 Å². The highest BCUT2D eigenvalue weighted by Gasteiger charge is 2.70. The van der Waals surface area contributed by atoms with Crippen LogP contribution in [0.25, 0.3) is 0 Å². The summed E-state index contributed by atoms with van der Waals surface area (Å²) < 4.78 is 6.55. The largest absolute Gasteiger partial charge is 0.481 e. The van der Waals surface area contributed by atoms with Gasteiger partial charge in [-0.05, 0) is 116 Å². The van der Waals surface area contributed by atoms with Crippen LogP contribution < -0.4 is 0 Å². The number of rotatable bonds is 6. The third kappa shape index (κ3) is 4.07. The highest BCUT2D eigenvalue weighted by atomic mass is 16.5. The average molecular weight is 541 g/mol. The number of aliphatic carboxylic acids is 1. The van der Waals surface area contributed by atoms with Crippen LogP contribution in [0.2, 0.25) is 0 Å². The quantitative estimate of drug-likeness (QED) is 0.343. The maximum atomic E-state index is 14.5. The van der Waals surface area contributed by atoms with Gasteiger partial charge < -0.3 is 9.84 Å². The molecule has 0 spiro atoms. The van der Waals surface area contributed by atoms with E-state index in [1.165, 1.54) is 18.4 Å². The number of unbranched alkanes of at least 4 members (excludes halogenated alkanes) is 2. The van der Waals surface area contributed by atoms with E-state index < -0.39 is 11.4 Å². The summed E-state index contributed by atoms with van der Waals surface area (Å²) in [5.41, 5.74) is 0.559. The van der Waals surface area contributed by atoms with E-state index in [9.17, 15) is 14.7 Å². The Morgan fingerprint density at radius 3 is 2.31 bits per heavy atom. The summed E-state index contributed by atoms with van der Waals surface area (Å²) in [6.07, 6.45) is 14.8. The van der Waals surface area contributed by atoms with Crippen molar-refractivity contribution in [2.24, 2.45) is 50.2 Å². The first-order valence-corrected chi connectivity index (χ1v) is 16.2. The molecule has 0 saturated heterocycles. The van der Waals surface area contributed by atoms with Crippen LogP contribution in [-0.4, -0.2) is 29.6 Å². The zero-order chi connectivity index (χ0) is 28.6. The van der Waals surface area contributed by atoms with Gasteiger partial charge >= 0.3 is 5.97 Å². The second-order valence-corrected chi connectivity index (χ2v) is 16.5. The normalized spacial score (nSPS) is 48.7. The molecule has 0 amide bonds. The van der Waals surface area contributed by atoms with Gasteiger partial charge in [0.05, 0.1) is 11.5 Å². The lowest BCUT2D eigenvalue weighted by atomic mass is 9.33. The van der Waals surface area contributed by atoms with E-state index in [1.54, 1.807) is 0 Å². The predicted octanol–water partition coefficient (Wildman–Crippen LogP) is 8.63. The van der Waals surface area contributed by atoms with Crippen LogP contribution in [0.5, 0.6) is 0 Å². The fourth-order valence-electron chi connectivity index (χ4n) is 11.2. The molecule has 9 atom stereocenters. The molecule has 5 aliphatic rings. The molecule has 4 nitrogen and oxygen atoms in total. The molecule has 39 heavy (non-hydrogen) atoms. The van der Waals surface area contributed by atoms with Crippen LogP contribution in [0.3, 0.4) is 0 Å². The lowest BCUT2D eigenvalue weighted by molar-refractivity contribution is -0.209. The van der Waals surface area contributed by atoms with Crippen LogP contribution in [-0.2, 0) is 14.3 Å².